The molecule has 0 radical (unpaired) electrons. The largest absolute Gasteiger partial charge is 0.385 e. The van der Waals surface area contributed by atoms with Crippen LogP contribution in [0.4, 0.5) is 0 Å². The zero-order valence-electron chi connectivity index (χ0n) is 15.3. The van der Waals surface area contributed by atoms with Gasteiger partial charge >= 0.3 is 0 Å². The molecule has 6 heteroatoms. The number of hydrogen-bond donors (Lipinski definition) is 1. The number of amides is 1. The maximum Gasteiger partial charge on any atom is 0.210 e. The fourth-order valence-electron chi connectivity index (χ4n) is 3.40. The minimum Gasteiger partial charge on any atom is -0.385 e. The van der Waals surface area contributed by atoms with Gasteiger partial charge in [0.25, 0.3) is 0 Å². The summed E-state index contributed by atoms with van der Waals surface area (Å²) in [6.07, 6.45) is 1.83. The van der Waals surface area contributed by atoms with Crippen LogP contribution < -0.4 is 0 Å². The van der Waals surface area contributed by atoms with Crippen molar-refractivity contribution in [2.24, 2.45) is 0 Å². The molecular formula is C21H22Br2N2O2. The van der Waals surface area contributed by atoms with Crippen molar-refractivity contribution in [3.8, 4) is 0 Å². The van der Waals surface area contributed by atoms with Crippen molar-refractivity contribution in [3.63, 3.8) is 0 Å². The Morgan fingerprint density at radius 1 is 1.19 bits per heavy atom. The Bertz CT molecular complexity index is 920. The Kier molecular flexibility index (Phi) is 6.73. The molecule has 0 bridgehead atoms. The summed E-state index contributed by atoms with van der Waals surface area (Å²) in [5.41, 5.74) is 4.67. The maximum atomic E-state index is 11.6. The molecule has 0 aliphatic carbocycles. The number of halogens is 2. The predicted octanol–water partition coefficient (Wildman–Crippen LogP) is 5.45. The minimum atomic E-state index is -0.0597. The number of nitrogens with one attached hydrogen (secondary N) is 1. The molecule has 2 heterocycles. The number of ether oxygens (including phenoxy) is 1. The van der Waals surface area contributed by atoms with E-state index in [9.17, 15) is 4.79 Å². The molecule has 1 atom stereocenters. The summed E-state index contributed by atoms with van der Waals surface area (Å²) >= 11 is 7.03. The van der Waals surface area contributed by atoms with E-state index >= 15 is 0 Å². The fourth-order valence-corrected chi connectivity index (χ4v) is 4.02. The highest BCUT2D eigenvalue weighted by Crippen LogP contribution is 2.38. The first-order chi connectivity index (χ1) is 13.1. The third-order valence-corrected chi connectivity index (χ3v) is 5.76. The van der Waals surface area contributed by atoms with Gasteiger partial charge < -0.3 is 14.6 Å². The molecule has 0 spiro atoms. The van der Waals surface area contributed by atoms with E-state index in [0.29, 0.717) is 0 Å². The highest BCUT2D eigenvalue weighted by molar-refractivity contribution is 9.10. The lowest BCUT2D eigenvalue weighted by atomic mass is 9.93. The van der Waals surface area contributed by atoms with Crippen LogP contribution in [-0.4, -0.2) is 36.6 Å². The Morgan fingerprint density at radius 3 is 2.48 bits per heavy atom. The summed E-state index contributed by atoms with van der Waals surface area (Å²) in [6, 6.07) is 14.4. The van der Waals surface area contributed by atoms with Crippen LogP contribution in [0.15, 0.2) is 51.4 Å². The van der Waals surface area contributed by atoms with Crippen LogP contribution >= 0.6 is 31.9 Å². The summed E-state index contributed by atoms with van der Waals surface area (Å²) in [7, 11) is 1.68. The van der Waals surface area contributed by atoms with E-state index in [1.54, 1.807) is 7.11 Å². The maximum absolute atomic E-state index is 11.6. The molecule has 27 heavy (non-hydrogen) atoms. The topological polar surface area (TPSA) is 45.3 Å². The van der Waals surface area contributed by atoms with Crippen LogP contribution in [0.5, 0.6) is 0 Å². The normalized spacial score (nSPS) is 15.9. The molecule has 1 aliphatic rings. The molecule has 1 unspecified atom stereocenters. The zero-order valence-corrected chi connectivity index (χ0v) is 18.5. The second-order valence-corrected chi connectivity index (χ2v) is 8.16. The number of rotatable bonds is 3. The average Bonchev–Trinajstić information content (AvgIpc) is 3.06. The highest BCUT2D eigenvalue weighted by Gasteiger charge is 2.30. The van der Waals surface area contributed by atoms with Gasteiger partial charge in [-0.1, -0.05) is 44.0 Å². The smallest absolute Gasteiger partial charge is 0.210 e. The first-order valence-electron chi connectivity index (χ1n) is 8.84. The summed E-state index contributed by atoms with van der Waals surface area (Å²) in [4.78, 5) is 17.0. The molecule has 1 aromatic heterocycles. The second-order valence-electron chi connectivity index (χ2n) is 6.33. The minimum absolute atomic E-state index is 0.0597. The third-order valence-electron chi connectivity index (χ3n) is 4.74. The number of carbonyl (C=O) groups excluding carboxylic acids is 1. The second kappa shape index (κ2) is 9.04. The van der Waals surface area contributed by atoms with Crippen molar-refractivity contribution in [2.75, 3.05) is 20.3 Å². The summed E-state index contributed by atoms with van der Waals surface area (Å²) < 4.78 is 6.65. The van der Waals surface area contributed by atoms with Crippen LogP contribution in [0, 0.1) is 0 Å². The average molecular weight is 494 g/mol. The molecule has 0 fully saturated rings. The Balaban J connectivity index is 0.000000481. The molecule has 1 N–H and O–H groups in total. The zero-order chi connectivity index (χ0) is 19.4. The predicted molar refractivity (Wildman–Crippen MR) is 116 cm³/mol. The van der Waals surface area contributed by atoms with E-state index in [2.05, 4.69) is 65.8 Å². The van der Waals surface area contributed by atoms with Crippen molar-refractivity contribution in [3.05, 3.63) is 68.2 Å². The number of carbonyl (C=O) groups is 1. The van der Waals surface area contributed by atoms with Crippen LogP contribution in [0.2, 0.25) is 0 Å². The molecular weight excluding hydrogens is 472 g/mol. The van der Waals surface area contributed by atoms with Gasteiger partial charge in [0.2, 0.25) is 6.41 Å². The lowest BCUT2D eigenvalue weighted by Crippen LogP contribution is -2.34. The van der Waals surface area contributed by atoms with Crippen LogP contribution in [0.3, 0.4) is 0 Å². The fraction of sp³-hybridized carbons (Fsp3) is 0.286. The molecule has 1 aliphatic heterocycles. The van der Waals surface area contributed by atoms with E-state index in [0.717, 1.165) is 51.7 Å². The van der Waals surface area contributed by atoms with Gasteiger partial charge in [-0.3, -0.25) is 4.79 Å². The van der Waals surface area contributed by atoms with Gasteiger partial charge in [-0.2, -0.15) is 0 Å². The lowest BCUT2D eigenvalue weighted by Gasteiger charge is -2.33. The standard InChI is InChI=1S/C18H14Br2N2O.C3H8O/c19-12-3-1-11(2-4-12)18-17-14(7-8-22(18)10-23)15-9-13(20)5-6-16(15)21-17;1-3-4-2/h1-6,9-10,18,21H,7-8H2;3H2,1-2H3. The lowest BCUT2D eigenvalue weighted by molar-refractivity contribution is -0.120. The third kappa shape index (κ3) is 4.28. The summed E-state index contributed by atoms with van der Waals surface area (Å²) in [5, 5.41) is 1.24. The SMILES string of the molecule is CCOC.O=CN1CCc2c([nH]c3ccc(Br)cc23)C1c1ccc(Br)cc1. The van der Waals surface area contributed by atoms with Crippen molar-refractivity contribution >= 4 is 49.2 Å². The number of H-pyrrole nitrogens is 1. The molecule has 0 saturated heterocycles. The summed E-state index contributed by atoms with van der Waals surface area (Å²) in [6.45, 7) is 3.51. The van der Waals surface area contributed by atoms with E-state index in [4.69, 9.17) is 0 Å². The molecule has 1 amide bonds. The van der Waals surface area contributed by atoms with Crippen molar-refractivity contribution in [1.29, 1.82) is 0 Å². The van der Waals surface area contributed by atoms with Gasteiger partial charge in [0.1, 0.15) is 0 Å². The van der Waals surface area contributed by atoms with Gasteiger partial charge in [-0.25, -0.2) is 0 Å². The van der Waals surface area contributed by atoms with Crippen molar-refractivity contribution < 1.29 is 9.53 Å². The van der Waals surface area contributed by atoms with Crippen LogP contribution in [0.25, 0.3) is 10.9 Å². The Hall–Kier alpha value is -1.63. The van der Waals surface area contributed by atoms with Crippen molar-refractivity contribution in [2.45, 2.75) is 19.4 Å². The number of aromatic nitrogens is 1. The summed E-state index contributed by atoms with van der Waals surface area (Å²) in [5.74, 6) is 0. The molecule has 142 valence electrons. The van der Waals surface area contributed by atoms with E-state index in [1.165, 1.54) is 10.9 Å². The molecule has 2 aromatic carbocycles. The number of methoxy groups -OCH3 is 1. The molecule has 3 aromatic rings. The van der Waals surface area contributed by atoms with E-state index in [1.807, 2.05) is 30.0 Å². The van der Waals surface area contributed by atoms with Crippen LogP contribution in [0.1, 0.15) is 29.8 Å². The number of nitrogens with zero attached hydrogens (tertiary/aromatic N) is 1. The van der Waals surface area contributed by atoms with E-state index < -0.39 is 0 Å². The number of benzene rings is 2. The van der Waals surface area contributed by atoms with Crippen molar-refractivity contribution in [1.82, 2.24) is 9.88 Å². The van der Waals surface area contributed by atoms with Gasteiger partial charge in [0, 0.05) is 45.8 Å². The molecule has 0 saturated carbocycles. The highest BCUT2D eigenvalue weighted by atomic mass is 79.9. The number of aromatic amines is 1. The monoisotopic (exact) mass is 492 g/mol. The number of hydrogen-bond acceptors (Lipinski definition) is 2. The first-order valence-corrected chi connectivity index (χ1v) is 10.4. The number of fused-ring (bicyclic) bond motifs is 3. The van der Waals surface area contributed by atoms with Gasteiger partial charge in [0.05, 0.1) is 6.04 Å². The van der Waals surface area contributed by atoms with E-state index in [-0.39, 0.29) is 6.04 Å². The van der Waals surface area contributed by atoms with Gasteiger partial charge in [-0.15, -0.1) is 0 Å². The van der Waals surface area contributed by atoms with Gasteiger partial charge in [-0.05, 0) is 54.8 Å². The quantitative estimate of drug-likeness (QED) is 0.493. The van der Waals surface area contributed by atoms with Crippen LogP contribution in [-0.2, 0) is 16.0 Å². The molecule has 4 nitrogen and oxygen atoms in total. The Labute approximate surface area is 176 Å². The first kappa shape index (κ1) is 20.1. The molecule has 4 rings (SSSR count). The van der Waals surface area contributed by atoms with Gasteiger partial charge in [0.15, 0.2) is 0 Å². The Morgan fingerprint density at radius 2 is 1.85 bits per heavy atom.